The van der Waals surface area contributed by atoms with Crippen LogP contribution in [0.1, 0.15) is 37.3 Å². The Kier molecular flexibility index (Phi) is 8.41. The summed E-state index contributed by atoms with van der Waals surface area (Å²) in [6.07, 6.45) is 1.28. The molecule has 4 aromatic rings. The largest absolute Gasteiger partial charge is 0.465 e. The van der Waals surface area contributed by atoms with E-state index < -0.39 is 21.7 Å². The van der Waals surface area contributed by atoms with Gasteiger partial charge >= 0.3 is 6.09 Å². The summed E-state index contributed by atoms with van der Waals surface area (Å²) in [4.78, 5) is 18.7. The van der Waals surface area contributed by atoms with Gasteiger partial charge in [-0.1, -0.05) is 67.6 Å². The molecule has 3 atom stereocenters. The van der Waals surface area contributed by atoms with E-state index >= 15 is 0 Å². The number of carboxylic acid groups (broad SMARTS) is 1. The monoisotopic (exact) mass is 604 g/mol. The molecule has 1 fully saturated rings. The number of benzene rings is 2. The van der Waals surface area contributed by atoms with Crippen LogP contribution in [0.15, 0.2) is 77.2 Å². The first-order valence-electron chi connectivity index (χ1n) is 14.1. The Morgan fingerprint density at radius 2 is 1.65 bits per heavy atom. The SMILES string of the molecule is CC1CC1CN(Cc1ccccc1)c1cc(-c2nnc([C@@](C)(Cc3ccccc3)NC(=O)O)o2)cc(N(C)S(C)(=O)=O)n1. The molecule has 2 N–H and O–H groups in total. The fourth-order valence-corrected chi connectivity index (χ4v) is 5.51. The molecule has 2 heterocycles. The van der Waals surface area contributed by atoms with Crippen LogP contribution in [0, 0.1) is 11.8 Å². The molecule has 226 valence electrons. The van der Waals surface area contributed by atoms with E-state index in [4.69, 9.17) is 9.40 Å². The smallest absolute Gasteiger partial charge is 0.405 e. The van der Waals surface area contributed by atoms with Gasteiger partial charge < -0.3 is 19.7 Å². The molecule has 0 spiro atoms. The van der Waals surface area contributed by atoms with Gasteiger partial charge in [0, 0.05) is 32.1 Å². The lowest BCUT2D eigenvalue weighted by Crippen LogP contribution is -2.44. The predicted octanol–water partition coefficient (Wildman–Crippen LogP) is 4.92. The number of pyridine rings is 1. The normalized spacial score (nSPS) is 17.6. The Morgan fingerprint density at radius 3 is 2.23 bits per heavy atom. The van der Waals surface area contributed by atoms with Crippen LogP contribution in [0.4, 0.5) is 16.4 Å². The zero-order valence-corrected chi connectivity index (χ0v) is 25.5. The highest BCUT2D eigenvalue weighted by atomic mass is 32.2. The zero-order chi connectivity index (χ0) is 30.8. The maximum Gasteiger partial charge on any atom is 0.405 e. The molecular formula is C31H36N6O5S. The first-order valence-corrected chi connectivity index (χ1v) is 15.9. The van der Waals surface area contributed by atoms with Gasteiger partial charge in [-0.15, -0.1) is 10.2 Å². The molecule has 2 aromatic carbocycles. The lowest BCUT2D eigenvalue weighted by atomic mass is 9.93. The van der Waals surface area contributed by atoms with Gasteiger partial charge in [0.05, 0.1) is 6.26 Å². The van der Waals surface area contributed by atoms with E-state index in [2.05, 4.69) is 27.3 Å². The van der Waals surface area contributed by atoms with Gasteiger partial charge in [0.25, 0.3) is 0 Å². The molecule has 1 saturated carbocycles. The van der Waals surface area contributed by atoms with Crippen molar-refractivity contribution in [1.29, 1.82) is 0 Å². The third kappa shape index (κ3) is 7.31. The summed E-state index contributed by atoms with van der Waals surface area (Å²) in [5.41, 5.74) is 1.22. The molecule has 5 rings (SSSR count). The van der Waals surface area contributed by atoms with Gasteiger partial charge in [0.1, 0.15) is 17.2 Å². The summed E-state index contributed by atoms with van der Waals surface area (Å²) in [6.45, 7) is 5.23. The molecule has 12 heteroatoms. The van der Waals surface area contributed by atoms with Crippen LogP contribution in [0.2, 0.25) is 0 Å². The van der Waals surface area contributed by atoms with Crippen molar-refractivity contribution in [3.8, 4) is 11.5 Å². The Morgan fingerprint density at radius 1 is 1.05 bits per heavy atom. The number of amides is 1. The summed E-state index contributed by atoms with van der Waals surface area (Å²) in [5.74, 6) is 2.07. The van der Waals surface area contributed by atoms with E-state index in [0.717, 1.165) is 34.7 Å². The molecule has 0 radical (unpaired) electrons. The second-order valence-electron chi connectivity index (χ2n) is 11.5. The molecular weight excluding hydrogens is 568 g/mol. The Balaban J connectivity index is 1.57. The molecule has 0 saturated heterocycles. The van der Waals surface area contributed by atoms with E-state index in [-0.39, 0.29) is 24.0 Å². The van der Waals surface area contributed by atoms with Gasteiger partial charge in [0.2, 0.25) is 21.8 Å². The molecule has 0 bridgehead atoms. The topological polar surface area (TPSA) is 142 Å². The van der Waals surface area contributed by atoms with Crippen molar-refractivity contribution in [2.24, 2.45) is 11.8 Å². The number of nitrogens with one attached hydrogen (secondary N) is 1. The zero-order valence-electron chi connectivity index (χ0n) is 24.6. The van der Waals surface area contributed by atoms with E-state index in [1.807, 2.05) is 66.7 Å². The standard InChI is InChI=1S/C31H36N6O5S/c1-21-15-25(21)20-37(19-23-13-9-6-10-14-23)27-17-24(16-26(32-27)36(3)43(4,40)41)28-34-35-29(42-28)31(2,33-30(38)39)18-22-11-7-5-8-12-22/h5-14,16-17,21,25,33H,15,18-20H2,1-4H3,(H,38,39)/t21?,25?,31-/m1/s1. The summed E-state index contributed by atoms with van der Waals surface area (Å²) in [5, 5.41) is 20.7. The third-order valence-electron chi connectivity index (χ3n) is 7.82. The van der Waals surface area contributed by atoms with Crippen LogP contribution in [0.5, 0.6) is 0 Å². The third-order valence-corrected chi connectivity index (χ3v) is 9.00. The van der Waals surface area contributed by atoms with Gasteiger partial charge in [-0.3, -0.25) is 4.31 Å². The van der Waals surface area contributed by atoms with Crippen molar-refractivity contribution in [3.05, 3.63) is 89.8 Å². The number of hydrogen-bond acceptors (Lipinski definition) is 8. The van der Waals surface area contributed by atoms with Crippen molar-refractivity contribution >= 4 is 27.8 Å². The Bertz CT molecular complexity index is 1680. The average Bonchev–Trinajstić information content (AvgIpc) is 3.42. The summed E-state index contributed by atoms with van der Waals surface area (Å²) in [6, 6.07) is 22.8. The summed E-state index contributed by atoms with van der Waals surface area (Å²) >= 11 is 0. The van der Waals surface area contributed by atoms with Gasteiger partial charge in [0.15, 0.2) is 0 Å². The van der Waals surface area contributed by atoms with E-state index in [1.165, 1.54) is 7.05 Å². The molecule has 1 aliphatic rings. The van der Waals surface area contributed by atoms with Crippen molar-refractivity contribution in [2.45, 2.75) is 38.8 Å². The minimum Gasteiger partial charge on any atom is -0.465 e. The molecule has 1 amide bonds. The quantitative estimate of drug-likeness (QED) is 0.231. The molecule has 2 unspecified atom stereocenters. The number of hydrogen-bond donors (Lipinski definition) is 2. The van der Waals surface area contributed by atoms with Crippen LogP contribution in [-0.4, -0.2) is 54.6 Å². The maximum atomic E-state index is 12.6. The molecule has 1 aliphatic carbocycles. The highest BCUT2D eigenvalue weighted by Crippen LogP contribution is 2.40. The number of aromatic nitrogens is 3. The minimum atomic E-state index is -3.63. The number of sulfonamides is 1. The van der Waals surface area contributed by atoms with E-state index in [9.17, 15) is 18.3 Å². The van der Waals surface area contributed by atoms with Crippen LogP contribution in [0.3, 0.4) is 0 Å². The number of nitrogens with zero attached hydrogens (tertiary/aromatic N) is 5. The first kappa shape index (κ1) is 30.0. The van der Waals surface area contributed by atoms with Crippen LogP contribution in [0.25, 0.3) is 11.5 Å². The second kappa shape index (κ2) is 12.0. The molecule has 0 aliphatic heterocycles. The highest BCUT2D eigenvalue weighted by molar-refractivity contribution is 7.92. The van der Waals surface area contributed by atoms with Gasteiger partial charge in [-0.25, -0.2) is 18.2 Å². The fourth-order valence-electron chi connectivity index (χ4n) is 5.07. The van der Waals surface area contributed by atoms with Gasteiger partial charge in [-0.05, 0) is 48.4 Å². The maximum absolute atomic E-state index is 12.6. The molecule has 11 nitrogen and oxygen atoms in total. The number of anilines is 2. The van der Waals surface area contributed by atoms with E-state index in [0.29, 0.717) is 29.8 Å². The van der Waals surface area contributed by atoms with Gasteiger partial charge in [-0.2, -0.15) is 0 Å². The lowest BCUT2D eigenvalue weighted by molar-refractivity contribution is 0.172. The fraction of sp³-hybridized carbons (Fsp3) is 0.355. The van der Waals surface area contributed by atoms with Crippen molar-refractivity contribution in [3.63, 3.8) is 0 Å². The van der Waals surface area contributed by atoms with Crippen molar-refractivity contribution in [1.82, 2.24) is 20.5 Å². The van der Waals surface area contributed by atoms with Crippen LogP contribution in [-0.2, 0) is 28.5 Å². The van der Waals surface area contributed by atoms with Crippen LogP contribution < -0.4 is 14.5 Å². The Labute approximate surface area is 251 Å². The minimum absolute atomic E-state index is 0.0816. The Hall–Kier alpha value is -4.45. The summed E-state index contributed by atoms with van der Waals surface area (Å²) in [7, 11) is -2.18. The van der Waals surface area contributed by atoms with Crippen LogP contribution >= 0.6 is 0 Å². The molecule has 2 aromatic heterocycles. The highest BCUT2D eigenvalue weighted by Gasteiger charge is 2.36. The predicted molar refractivity (Wildman–Crippen MR) is 164 cm³/mol. The van der Waals surface area contributed by atoms with Crippen molar-refractivity contribution < 1.29 is 22.7 Å². The lowest BCUT2D eigenvalue weighted by Gasteiger charge is -2.26. The first-order chi connectivity index (χ1) is 20.4. The number of rotatable bonds is 12. The molecule has 43 heavy (non-hydrogen) atoms. The van der Waals surface area contributed by atoms with Crippen molar-refractivity contribution in [2.75, 3.05) is 29.1 Å². The summed E-state index contributed by atoms with van der Waals surface area (Å²) < 4.78 is 32.3. The van der Waals surface area contributed by atoms with E-state index in [1.54, 1.807) is 13.0 Å². The average molecular weight is 605 g/mol. The second-order valence-corrected chi connectivity index (χ2v) is 13.5. The number of carbonyl (C=O) groups is 1.